The van der Waals surface area contributed by atoms with Gasteiger partial charge in [-0.1, -0.05) is 18.7 Å². The van der Waals surface area contributed by atoms with Crippen molar-refractivity contribution in [3.63, 3.8) is 0 Å². The lowest BCUT2D eigenvalue weighted by Gasteiger charge is -2.12. The van der Waals surface area contributed by atoms with Crippen LogP contribution < -0.4 is 15.2 Å². The van der Waals surface area contributed by atoms with Crippen molar-refractivity contribution in [2.45, 2.75) is 13.0 Å². The molecule has 1 unspecified atom stereocenters. The topological polar surface area (TPSA) is 44.5 Å². The molecule has 3 nitrogen and oxygen atoms in total. The molecule has 0 aliphatic rings. The number of ether oxygens (including phenoxy) is 2. The van der Waals surface area contributed by atoms with E-state index < -0.39 is 0 Å². The fraction of sp³-hybridized carbons (Fsp3) is 0.333. The summed E-state index contributed by atoms with van der Waals surface area (Å²) < 4.78 is 10.6. The Labute approximate surface area is 90.5 Å². The third-order valence-electron chi connectivity index (χ3n) is 2.07. The first kappa shape index (κ1) is 11.6. The molecule has 0 heterocycles. The van der Waals surface area contributed by atoms with Gasteiger partial charge >= 0.3 is 0 Å². The summed E-state index contributed by atoms with van der Waals surface area (Å²) in [5.41, 5.74) is 6.80. The predicted molar refractivity (Wildman–Crippen MR) is 61.3 cm³/mol. The molecule has 82 valence electrons. The second kappa shape index (κ2) is 5.41. The molecule has 0 bridgehead atoms. The molecule has 0 saturated carbocycles. The van der Waals surface area contributed by atoms with Gasteiger partial charge in [-0.2, -0.15) is 0 Å². The number of benzene rings is 1. The highest BCUT2D eigenvalue weighted by Crippen LogP contribution is 2.29. The Bertz CT molecular complexity index is 334. The summed E-state index contributed by atoms with van der Waals surface area (Å²) >= 11 is 0. The zero-order valence-electron chi connectivity index (χ0n) is 9.19. The maximum absolute atomic E-state index is 5.77. The van der Waals surface area contributed by atoms with E-state index >= 15 is 0 Å². The van der Waals surface area contributed by atoms with Gasteiger partial charge in [0.2, 0.25) is 0 Å². The van der Waals surface area contributed by atoms with Crippen molar-refractivity contribution in [3.8, 4) is 11.5 Å². The van der Waals surface area contributed by atoms with Crippen LogP contribution in [-0.4, -0.2) is 13.7 Å². The maximum atomic E-state index is 5.77. The van der Waals surface area contributed by atoms with Crippen molar-refractivity contribution >= 4 is 0 Å². The molecule has 0 fully saturated rings. The lowest BCUT2D eigenvalue weighted by Crippen LogP contribution is -2.05. The maximum Gasteiger partial charge on any atom is 0.161 e. The average molecular weight is 207 g/mol. The van der Waals surface area contributed by atoms with Crippen molar-refractivity contribution < 1.29 is 9.47 Å². The molecule has 1 aromatic carbocycles. The second-order valence-electron chi connectivity index (χ2n) is 3.30. The molecule has 1 atom stereocenters. The Kier molecular flexibility index (Phi) is 4.18. The fourth-order valence-electron chi connectivity index (χ4n) is 1.24. The first-order chi connectivity index (χ1) is 7.19. The number of hydrogen-bond donors (Lipinski definition) is 1. The van der Waals surface area contributed by atoms with Crippen LogP contribution in [0.2, 0.25) is 0 Å². The van der Waals surface area contributed by atoms with E-state index in [2.05, 4.69) is 6.58 Å². The summed E-state index contributed by atoms with van der Waals surface area (Å²) in [4.78, 5) is 0. The van der Waals surface area contributed by atoms with Crippen LogP contribution in [-0.2, 0) is 0 Å². The summed E-state index contributed by atoms with van der Waals surface area (Å²) in [5.74, 6) is 1.41. The van der Waals surface area contributed by atoms with Gasteiger partial charge in [-0.3, -0.25) is 0 Å². The third-order valence-corrected chi connectivity index (χ3v) is 2.07. The second-order valence-corrected chi connectivity index (χ2v) is 3.30. The Morgan fingerprint density at radius 1 is 1.47 bits per heavy atom. The molecule has 0 saturated heterocycles. The molecule has 3 heteroatoms. The molecule has 0 aliphatic heterocycles. The van der Waals surface area contributed by atoms with E-state index in [0.717, 1.165) is 5.56 Å². The zero-order valence-corrected chi connectivity index (χ0v) is 9.19. The smallest absolute Gasteiger partial charge is 0.161 e. The van der Waals surface area contributed by atoms with E-state index in [1.807, 2.05) is 25.1 Å². The molecule has 0 aliphatic carbocycles. The molecule has 2 N–H and O–H groups in total. The van der Waals surface area contributed by atoms with E-state index in [1.165, 1.54) is 0 Å². The Morgan fingerprint density at radius 2 is 2.20 bits per heavy atom. The van der Waals surface area contributed by atoms with Crippen molar-refractivity contribution in [2.75, 3.05) is 13.7 Å². The highest BCUT2D eigenvalue weighted by atomic mass is 16.5. The van der Waals surface area contributed by atoms with Crippen LogP contribution >= 0.6 is 0 Å². The number of rotatable bonds is 5. The summed E-state index contributed by atoms with van der Waals surface area (Å²) in [7, 11) is 1.61. The molecule has 0 amide bonds. The van der Waals surface area contributed by atoms with Crippen molar-refractivity contribution in [1.29, 1.82) is 0 Å². The van der Waals surface area contributed by atoms with Gasteiger partial charge in [-0.05, 0) is 24.6 Å². The molecular weight excluding hydrogens is 190 g/mol. The van der Waals surface area contributed by atoms with Crippen molar-refractivity contribution in [2.24, 2.45) is 5.73 Å². The average Bonchev–Trinajstić information content (AvgIpc) is 2.25. The minimum atomic E-state index is -0.00708. The monoisotopic (exact) mass is 207 g/mol. The van der Waals surface area contributed by atoms with Crippen LogP contribution in [0.4, 0.5) is 0 Å². The predicted octanol–water partition coefficient (Wildman–Crippen LogP) is 2.28. The Morgan fingerprint density at radius 3 is 2.73 bits per heavy atom. The third kappa shape index (κ3) is 2.99. The van der Waals surface area contributed by atoms with Gasteiger partial charge in [0.25, 0.3) is 0 Å². The molecule has 0 spiro atoms. The molecule has 1 rings (SSSR count). The lowest BCUT2D eigenvalue weighted by atomic mass is 10.1. The summed E-state index contributed by atoms with van der Waals surface area (Å²) in [6.45, 7) is 5.99. The van der Waals surface area contributed by atoms with E-state index in [4.69, 9.17) is 15.2 Å². The SMILES string of the molecule is C=CCOc1ccc(C(C)N)cc1OC. The van der Waals surface area contributed by atoms with Gasteiger partial charge in [0.15, 0.2) is 11.5 Å². The van der Waals surface area contributed by atoms with Crippen LogP contribution in [0.5, 0.6) is 11.5 Å². The van der Waals surface area contributed by atoms with Crippen LogP contribution in [0.15, 0.2) is 30.9 Å². The fourth-order valence-corrected chi connectivity index (χ4v) is 1.24. The van der Waals surface area contributed by atoms with Gasteiger partial charge in [0.1, 0.15) is 6.61 Å². The van der Waals surface area contributed by atoms with Gasteiger partial charge < -0.3 is 15.2 Å². The van der Waals surface area contributed by atoms with E-state index in [-0.39, 0.29) is 6.04 Å². The quantitative estimate of drug-likeness (QED) is 0.753. The largest absolute Gasteiger partial charge is 0.493 e. The van der Waals surface area contributed by atoms with E-state index in [0.29, 0.717) is 18.1 Å². The van der Waals surface area contributed by atoms with Crippen LogP contribution in [0.3, 0.4) is 0 Å². The molecular formula is C12H17NO2. The highest BCUT2D eigenvalue weighted by molar-refractivity contribution is 5.43. The minimum absolute atomic E-state index is 0.00708. The number of methoxy groups -OCH3 is 1. The number of nitrogens with two attached hydrogens (primary N) is 1. The Hall–Kier alpha value is -1.48. The van der Waals surface area contributed by atoms with Gasteiger partial charge in [0, 0.05) is 6.04 Å². The first-order valence-electron chi connectivity index (χ1n) is 4.86. The van der Waals surface area contributed by atoms with Crippen molar-refractivity contribution in [1.82, 2.24) is 0 Å². The van der Waals surface area contributed by atoms with Gasteiger partial charge in [0.05, 0.1) is 7.11 Å². The lowest BCUT2D eigenvalue weighted by molar-refractivity contribution is 0.326. The summed E-state index contributed by atoms with van der Waals surface area (Å²) in [6, 6.07) is 5.68. The standard InChI is InChI=1S/C12H17NO2/c1-4-7-15-11-6-5-10(9(2)13)8-12(11)14-3/h4-6,8-9H,1,7,13H2,2-3H3. The molecule has 0 radical (unpaired) electrons. The normalized spacial score (nSPS) is 11.9. The van der Waals surface area contributed by atoms with Crippen LogP contribution in [0, 0.1) is 0 Å². The van der Waals surface area contributed by atoms with Gasteiger partial charge in [-0.25, -0.2) is 0 Å². The van der Waals surface area contributed by atoms with Crippen molar-refractivity contribution in [3.05, 3.63) is 36.4 Å². The van der Waals surface area contributed by atoms with Crippen LogP contribution in [0.25, 0.3) is 0 Å². The molecule has 0 aromatic heterocycles. The Balaban J connectivity index is 2.92. The van der Waals surface area contributed by atoms with E-state index in [1.54, 1.807) is 13.2 Å². The minimum Gasteiger partial charge on any atom is -0.493 e. The molecule has 15 heavy (non-hydrogen) atoms. The van der Waals surface area contributed by atoms with Gasteiger partial charge in [-0.15, -0.1) is 0 Å². The van der Waals surface area contributed by atoms with E-state index in [9.17, 15) is 0 Å². The zero-order chi connectivity index (χ0) is 11.3. The van der Waals surface area contributed by atoms with Crippen LogP contribution in [0.1, 0.15) is 18.5 Å². The highest BCUT2D eigenvalue weighted by Gasteiger charge is 2.07. The number of hydrogen-bond acceptors (Lipinski definition) is 3. The summed E-state index contributed by atoms with van der Waals surface area (Å²) in [6.07, 6.45) is 1.69. The first-order valence-corrected chi connectivity index (χ1v) is 4.86. The summed E-state index contributed by atoms with van der Waals surface area (Å²) in [5, 5.41) is 0. The molecule has 1 aromatic rings.